The van der Waals surface area contributed by atoms with E-state index in [4.69, 9.17) is 9.84 Å². The molecule has 1 rings (SSSR count). The van der Waals surface area contributed by atoms with Gasteiger partial charge in [0, 0.05) is 32.7 Å². The first-order valence-corrected chi connectivity index (χ1v) is 6.83. The molecule has 6 heteroatoms. The second kappa shape index (κ2) is 7.99. The third-order valence-corrected chi connectivity index (χ3v) is 3.40. The molecule has 2 amide bonds. The number of hydrogen-bond donors (Lipinski definition) is 2. The lowest BCUT2D eigenvalue weighted by Crippen LogP contribution is -2.49. The van der Waals surface area contributed by atoms with Crippen molar-refractivity contribution in [2.24, 2.45) is 0 Å². The highest BCUT2D eigenvalue weighted by atomic mass is 16.5. The highest BCUT2D eigenvalue weighted by Gasteiger charge is 2.23. The number of aliphatic carboxylic acids is 1. The van der Waals surface area contributed by atoms with E-state index >= 15 is 0 Å². The van der Waals surface area contributed by atoms with Gasteiger partial charge in [-0.3, -0.25) is 4.79 Å². The average Bonchev–Trinajstić information content (AvgIpc) is 2.38. The highest BCUT2D eigenvalue weighted by molar-refractivity contribution is 5.74. The van der Waals surface area contributed by atoms with Crippen molar-refractivity contribution < 1.29 is 19.4 Å². The van der Waals surface area contributed by atoms with Crippen molar-refractivity contribution in [2.45, 2.75) is 51.2 Å². The van der Waals surface area contributed by atoms with Gasteiger partial charge < -0.3 is 20.1 Å². The fourth-order valence-electron chi connectivity index (χ4n) is 2.25. The van der Waals surface area contributed by atoms with Crippen molar-refractivity contribution in [2.75, 3.05) is 20.2 Å². The number of amides is 2. The first kappa shape index (κ1) is 15.8. The van der Waals surface area contributed by atoms with Gasteiger partial charge in [0.25, 0.3) is 0 Å². The van der Waals surface area contributed by atoms with Crippen molar-refractivity contribution in [3.8, 4) is 0 Å². The number of carbonyl (C=O) groups excluding carboxylic acids is 1. The Hall–Kier alpha value is -1.30. The average molecular weight is 272 g/mol. The molecule has 2 unspecified atom stereocenters. The van der Waals surface area contributed by atoms with Crippen LogP contribution in [0.1, 0.15) is 39.0 Å². The van der Waals surface area contributed by atoms with E-state index in [-0.39, 0.29) is 24.6 Å². The number of methoxy groups -OCH3 is 1. The third-order valence-electron chi connectivity index (χ3n) is 3.40. The second-order valence-corrected chi connectivity index (χ2v) is 5.08. The molecule has 0 spiro atoms. The standard InChI is InChI=1S/C13H24N2O4/c1-10(5-3-7-12(16)17)14-13(18)15-8-4-6-11(9-15)19-2/h10-11H,3-9H2,1-2H3,(H,14,18)(H,16,17). The molecular formula is C13H24N2O4. The number of carbonyl (C=O) groups is 2. The maximum absolute atomic E-state index is 12.0. The molecule has 6 nitrogen and oxygen atoms in total. The quantitative estimate of drug-likeness (QED) is 0.767. The lowest BCUT2D eigenvalue weighted by atomic mass is 10.1. The topological polar surface area (TPSA) is 78.9 Å². The van der Waals surface area contributed by atoms with Crippen LogP contribution >= 0.6 is 0 Å². The van der Waals surface area contributed by atoms with E-state index in [1.807, 2.05) is 6.92 Å². The second-order valence-electron chi connectivity index (χ2n) is 5.08. The van der Waals surface area contributed by atoms with Crippen LogP contribution in [0.25, 0.3) is 0 Å². The van der Waals surface area contributed by atoms with Crippen molar-refractivity contribution in [1.82, 2.24) is 10.2 Å². The van der Waals surface area contributed by atoms with Gasteiger partial charge in [0.15, 0.2) is 0 Å². The summed E-state index contributed by atoms with van der Waals surface area (Å²) in [7, 11) is 1.67. The molecule has 2 N–H and O–H groups in total. The van der Waals surface area contributed by atoms with Crippen LogP contribution in [-0.4, -0.2) is 54.4 Å². The van der Waals surface area contributed by atoms with Crippen LogP contribution in [0.15, 0.2) is 0 Å². The number of nitrogens with zero attached hydrogens (tertiary/aromatic N) is 1. The van der Waals surface area contributed by atoms with Crippen LogP contribution in [0.5, 0.6) is 0 Å². The zero-order chi connectivity index (χ0) is 14.3. The summed E-state index contributed by atoms with van der Waals surface area (Å²) < 4.78 is 5.28. The molecule has 0 saturated carbocycles. The molecule has 2 atom stereocenters. The number of nitrogens with one attached hydrogen (secondary N) is 1. The largest absolute Gasteiger partial charge is 0.481 e. The zero-order valence-corrected chi connectivity index (χ0v) is 11.7. The number of urea groups is 1. The van der Waals surface area contributed by atoms with Crippen LogP contribution in [0.2, 0.25) is 0 Å². The number of carboxylic acids is 1. The van der Waals surface area contributed by atoms with Gasteiger partial charge in [-0.2, -0.15) is 0 Å². The normalized spacial score (nSPS) is 20.9. The maximum Gasteiger partial charge on any atom is 0.317 e. The molecule has 0 bridgehead atoms. The molecule has 0 aliphatic carbocycles. The summed E-state index contributed by atoms with van der Waals surface area (Å²) in [5.74, 6) is -0.794. The molecular weight excluding hydrogens is 248 g/mol. The lowest BCUT2D eigenvalue weighted by Gasteiger charge is -2.32. The number of likely N-dealkylation sites (tertiary alicyclic amines) is 1. The van der Waals surface area contributed by atoms with Gasteiger partial charge in [0.1, 0.15) is 0 Å². The first-order chi connectivity index (χ1) is 9.02. The Morgan fingerprint density at radius 3 is 2.89 bits per heavy atom. The van der Waals surface area contributed by atoms with Crippen LogP contribution < -0.4 is 5.32 Å². The minimum Gasteiger partial charge on any atom is -0.481 e. The van der Waals surface area contributed by atoms with Crippen LogP contribution in [0.3, 0.4) is 0 Å². The van der Waals surface area contributed by atoms with E-state index in [1.165, 1.54) is 0 Å². The van der Waals surface area contributed by atoms with Gasteiger partial charge in [-0.25, -0.2) is 4.79 Å². The molecule has 1 aliphatic rings. The number of piperidine rings is 1. The van der Waals surface area contributed by atoms with Crippen LogP contribution in [0, 0.1) is 0 Å². The molecule has 0 aromatic heterocycles. The molecule has 0 aromatic carbocycles. The zero-order valence-electron chi connectivity index (χ0n) is 11.7. The summed E-state index contributed by atoms with van der Waals surface area (Å²) >= 11 is 0. The van der Waals surface area contributed by atoms with Crippen molar-refractivity contribution in [3.63, 3.8) is 0 Å². The predicted molar refractivity (Wildman–Crippen MR) is 71.1 cm³/mol. The number of carboxylic acid groups (broad SMARTS) is 1. The fraction of sp³-hybridized carbons (Fsp3) is 0.846. The van der Waals surface area contributed by atoms with E-state index in [0.29, 0.717) is 19.4 Å². The SMILES string of the molecule is COC1CCCN(C(=O)NC(C)CCCC(=O)O)C1. The Balaban J connectivity index is 2.27. The van der Waals surface area contributed by atoms with Crippen molar-refractivity contribution >= 4 is 12.0 Å². The number of hydrogen-bond acceptors (Lipinski definition) is 3. The maximum atomic E-state index is 12.0. The molecule has 110 valence electrons. The van der Waals surface area contributed by atoms with E-state index < -0.39 is 5.97 Å². The molecule has 0 radical (unpaired) electrons. The lowest BCUT2D eigenvalue weighted by molar-refractivity contribution is -0.137. The van der Waals surface area contributed by atoms with Crippen LogP contribution in [0.4, 0.5) is 4.79 Å². The van der Waals surface area contributed by atoms with Crippen molar-refractivity contribution in [1.29, 1.82) is 0 Å². The van der Waals surface area contributed by atoms with Gasteiger partial charge in [-0.1, -0.05) is 0 Å². The van der Waals surface area contributed by atoms with E-state index in [0.717, 1.165) is 19.4 Å². The minimum atomic E-state index is -0.794. The summed E-state index contributed by atoms with van der Waals surface area (Å²) in [6.45, 7) is 3.29. The molecule has 1 fully saturated rings. The van der Waals surface area contributed by atoms with Gasteiger partial charge in [-0.15, -0.1) is 0 Å². The van der Waals surface area contributed by atoms with Gasteiger partial charge in [-0.05, 0) is 32.6 Å². The Kier molecular flexibility index (Phi) is 6.62. The molecule has 19 heavy (non-hydrogen) atoms. The van der Waals surface area contributed by atoms with Crippen molar-refractivity contribution in [3.05, 3.63) is 0 Å². The molecule has 0 aromatic rings. The third kappa shape index (κ3) is 5.92. The monoisotopic (exact) mass is 272 g/mol. The number of rotatable bonds is 6. The number of ether oxygens (including phenoxy) is 1. The van der Waals surface area contributed by atoms with Crippen LogP contribution in [-0.2, 0) is 9.53 Å². The van der Waals surface area contributed by atoms with Gasteiger partial charge in [0.2, 0.25) is 0 Å². The fourth-order valence-corrected chi connectivity index (χ4v) is 2.25. The van der Waals surface area contributed by atoms with Gasteiger partial charge >= 0.3 is 12.0 Å². The minimum absolute atomic E-state index is 0.00484. The Morgan fingerprint density at radius 2 is 2.26 bits per heavy atom. The van der Waals surface area contributed by atoms with E-state index in [2.05, 4.69) is 5.32 Å². The first-order valence-electron chi connectivity index (χ1n) is 6.83. The van der Waals surface area contributed by atoms with Gasteiger partial charge in [0.05, 0.1) is 6.10 Å². The van der Waals surface area contributed by atoms with E-state index in [9.17, 15) is 9.59 Å². The molecule has 1 aliphatic heterocycles. The summed E-state index contributed by atoms with van der Waals surface area (Å²) in [6.07, 6.45) is 3.49. The summed E-state index contributed by atoms with van der Waals surface area (Å²) in [5.41, 5.74) is 0. The Labute approximate surface area is 114 Å². The molecule has 1 heterocycles. The predicted octanol–water partition coefficient (Wildman–Crippen LogP) is 1.45. The van der Waals surface area contributed by atoms with E-state index in [1.54, 1.807) is 12.0 Å². The summed E-state index contributed by atoms with van der Waals surface area (Å²) in [5, 5.41) is 11.5. The summed E-state index contributed by atoms with van der Waals surface area (Å²) in [4.78, 5) is 24.2. The summed E-state index contributed by atoms with van der Waals surface area (Å²) in [6, 6.07) is -0.0839. The molecule has 1 saturated heterocycles. The smallest absolute Gasteiger partial charge is 0.317 e. The highest BCUT2D eigenvalue weighted by Crippen LogP contribution is 2.12. The Bertz CT molecular complexity index is 309. The Morgan fingerprint density at radius 1 is 1.53 bits per heavy atom.